The normalized spacial score (nSPS) is 11.1. The number of fused-ring (bicyclic) bond motifs is 1. The second-order valence-electron chi connectivity index (χ2n) is 6.98. The van der Waals surface area contributed by atoms with E-state index >= 15 is 0 Å². The first-order chi connectivity index (χ1) is 13.6. The average molecular weight is 372 g/mol. The molecule has 3 heterocycles. The molecule has 0 unspecified atom stereocenters. The monoisotopic (exact) mass is 372 g/mol. The Hall–Kier alpha value is -3.61. The number of rotatable bonds is 5. The first-order valence-electron chi connectivity index (χ1n) is 9.13. The summed E-state index contributed by atoms with van der Waals surface area (Å²) in [6, 6.07) is 15.2. The van der Waals surface area contributed by atoms with Gasteiger partial charge in [0.25, 0.3) is 0 Å². The van der Waals surface area contributed by atoms with E-state index in [1.54, 1.807) is 16.9 Å². The standard InChI is InChI=1S/C21H20N6O/c1-14(2)12-20(28)23-17-7-5-15(6-8-17)18-9-10-19-24-25-21(27(19)26-18)16-4-3-11-22-13-16/h3-11,13-14H,12H2,1-2H3,(H,23,28). The zero-order valence-electron chi connectivity index (χ0n) is 15.7. The van der Waals surface area contributed by atoms with Gasteiger partial charge >= 0.3 is 0 Å². The fourth-order valence-corrected chi connectivity index (χ4v) is 2.93. The molecule has 7 heteroatoms. The molecule has 0 fully saturated rings. The molecular formula is C21H20N6O. The van der Waals surface area contributed by atoms with Crippen molar-refractivity contribution in [2.24, 2.45) is 5.92 Å². The molecule has 140 valence electrons. The van der Waals surface area contributed by atoms with Crippen molar-refractivity contribution < 1.29 is 4.79 Å². The maximum Gasteiger partial charge on any atom is 0.224 e. The average Bonchev–Trinajstić information content (AvgIpc) is 3.12. The fourth-order valence-electron chi connectivity index (χ4n) is 2.93. The van der Waals surface area contributed by atoms with Crippen LogP contribution in [-0.4, -0.2) is 30.7 Å². The van der Waals surface area contributed by atoms with Crippen LogP contribution in [0.25, 0.3) is 28.3 Å². The lowest BCUT2D eigenvalue weighted by molar-refractivity contribution is -0.116. The smallest absolute Gasteiger partial charge is 0.224 e. The van der Waals surface area contributed by atoms with Gasteiger partial charge in [0.2, 0.25) is 5.91 Å². The number of hydrogen-bond acceptors (Lipinski definition) is 5. The van der Waals surface area contributed by atoms with Crippen molar-refractivity contribution in [2.75, 3.05) is 5.32 Å². The van der Waals surface area contributed by atoms with Crippen molar-refractivity contribution in [1.29, 1.82) is 0 Å². The minimum Gasteiger partial charge on any atom is -0.326 e. The zero-order valence-corrected chi connectivity index (χ0v) is 15.7. The molecule has 3 aromatic heterocycles. The largest absolute Gasteiger partial charge is 0.326 e. The summed E-state index contributed by atoms with van der Waals surface area (Å²) in [6.45, 7) is 4.05. The third kappa shape index (κ3) is 3.73. The Labute approximate surface area is 162 Å². The zero-order chi connectivity index (χ0) is 19.5. The first-order valence-corrected chi connectivity index (χ1v) is 9.13. The summed E-state index contributed by atoms with van der Waals surface area (Å²) in [5.74, 6) is 0.989. The van der Waals surface area contributed by atoms with Crippen LogP contribution in [0.5, 0.6) is 0 Å². The number of carbonyl (C=O) groups is 1. The van der Waals surface area contributed by atoms with Crippen LogP contribution in [0.3, 0.4) is 0 Å². The molecule has 0 aliphatic heterocycles. The second-order valence-corrected chi connectivity index (χ2v) is 6.98. The van der Waals surface area contributed by atoms with Crippen LogP contribution in [0.2, 0.25) is 0 Å². The van der Waals surface area contributed by atoms with Crippen molar-refractivity contribution in [1.82, 2.24) is 24.8 Å². The number of aromatic nitrogens is 5. The number of carbonyl (C=O) groups excluding carboxylic acids is 1. The Morgan fingerprint density at radius 1 is 1.04 bits per heavy atom. The van der Waals surface area contributed by atoms with Gasteiger partial charge in [0, 0.05) is 35.6 Å². The number of anilines is 1. The van der Waals surface area contributed by atoms with Crippen LogP contribution in [0, 0.1) is 5.92 Å². The Kier molecular flexibility index (Phi) is 4.80. The summed E-state index contributed by atoms with van der Waals surface area (Å²) in [5.41, 5.74) is 4.02. The Bertz CT molecular complexity index is 1100. The van der Waals surface area contributed by atoms with Crippen LogP contribution in [-0.2, 0) is 4.79 Å². The molecule has 1 aromatic carbocycles. The Morgan fingerprint density at radius 3 is 2.57 bits per heavy atom. The van der Waals surface area contributed by atoms with E-state index in [0.29, 0.717) is 23.8 Å². The third-order valence-electron chi connectivity index (χ3n) is 4.24. The van der Waals surface area contributed by atoms with Gasteiger partial charge in [-0.25, -0.2) is 0 Å². The maximum absolute atomic E-state index is 11.9. The molecule has 28 heavy (non-hydrogen) atoms. The molecule has 1 N–H and O–H groups in total. The van der Waals surface area contributed by atoms with Crippen LogP contribution in [0.15, 0.2) is 60.9 Å². The molecular weight excluding hydrogens is 352 g/mol. The van der Waals surface area contributed by atoms with Gasteiger partial charge in [-0.3, -0.25) is 9.78 Å². The highest BCUT2D eigenvalue weighted by Gasteiger charge is 2.11. The maximum atomic E-state index is 11.9. The van der Waals surface area contributed by atoms with E-state index in [2.05, 4.69) is 25.6 Å². The van der Waals surface area contributed by atoms with E-state index in [9.17, 15) is 4.79 Å². The van der Waals surface area contributed by atoms with Gasteiger partial charge < -0.3 is 5.32 Å². The number of amides is 1. The minimum absolute atomic E-state index is 0.0212. The van der Waals surface area contributed by atoms with E-state index in [4.69, 9.17) is 0 Å². The van der Waals surface area contributed by atoms with Crippen molar-refractivity contribution in [3.05, 3.63) is 60.9 Å². The predicted molar refractivity (Wildman–Crippen MR) is 108 cm³/mol. The SMILES string of the molecule is CC(C)CC(=O)Nc1ccc(-c2ccc3nnc(-c4cccnc4)n3n2)cc1. The van der Waals surface area contributed by atoms with E-state index < -0.39 is 0 Å². The molecule has 0 atom stereocenters. The molecule has 7 nitrogen and oxygen atoms in total. The number of pyridine rings is 1. The first kappa shape index (κ1) is 17.8. The van der Waals surface area contributed by atoms with Crippen molar-refractivity contribution in [3.63, 3.8) is 0 Å². The summed E-state index contributed by atoms with van der Waals surface area (Å²) >= 11 is 0. The number of nitrogens with one attached hydrogen (secondary N) is 1. The number of benzene rings is 1. The van der Waals surface area contributed by atoms with Crippen LogP contribution in [0.4, 0.5) is 5.69 Å². The molecule has 0 radical (unpaired) electrons. The van der Waals surface area contributed by atoms with Gasteiger partial charge in [-0.2, -0.15) is 9.61 Å². The van der Waals surface area contributed by atoms with Crippen LogP contribution < -0.4 is 5.32 Å². The highest BCUT2D eigenvalue weighted by atomic mass is 16.1. The molecule has 0 saturated carbocycles. The molecule has 0 aliphatic carbocycles. The van der Waals surface area contributed by atoms with Crippen molar-refractivity contribution in [3.8, 4) is 22.6 Å². The van der Waals surface area contributed by atoms with E-state index in [1.807, 2.05) is 62.4 Å². The minimum atomic E-state index is 0.0212. The lowest BCUT2D eigenvalue weighted by Gasteiger charge is -2.08. The Morgan fingerprint density at radius 2 is 1.86 bits per heavy atom. The molecule has 4 aromatic rings. The quantitative estimate of drug-likeness (QED) is 0.575. The predicted octanol–water partition coefficient (Wildman–Crippen LogP) is 3.84. The van der Waals surface area contributed by atoms with Gasteiger partial charge in [-0.05, 0) is 42.3 Å². The van der Waals surface area contributed by atoms with E-state index in [-0.39, 0.29) is 5.91 Å². The molecule has 0 aliphatic rings. The van der Waals surface area contributed by atoms with Gasteiger partial charge in [0.05, 0.1) is 5.69 Å². The molecule has 1 amide bonds. The summed E-state index contributed by atoms with van der Waals surface area (Å²) in [4.78, 5) is 16.1. The summed E-state index contributed by atoms with van der Waals surface area (Å²) in [7, 11) is 0. The molecule has 0 saturated heterocycles. The van der Waals surface area contributed by atoms with Crippen LogP contribution in [0.1, 0.15) is 20.3 Å². The third-order valence-corrected chi connectivity index (χ3v) is 4.24. The lowest BCUT2D eigenvalue weighted by Crippen LogP contribution is -2.13. The van der Waals surface area contributed by atoms with Crippen LogP contribution >= 0.6 is 0 Å². The topological polar surface area (TPSA) is 85.1 Å². The molecule has 0 bridgehead atoms. The van der Waals surface area contributed by atoms with Gasteiger partial charge in [-0.1, -0.05) is 26.0 Å². The number of hydrogen-bond donors (Lipinski definition) is 1. The van der Waals surface area contributed by atoms with Crippen molar-refractivity contribution in [2.45, 2.75) is 20.3 Å². The van der Waals surface area contributed by atoms with Gasteiger partial charge in [-0.15, -0.1) is 10.2 Å². The summed E-state index contributed by atoms with van der Waals surface area (Å²) < 4.78 is 1.71. The summed E-state index contributed by atoms with van der Waals surface area (Å²) in [6.07, 6.45) is 3.96. The summed E-state index contributed by atoms with van der Waals surface area (Å²) in [5, 5.41) is 16.0. The lowest BCUT2D eigenvalue weighted by atomic mass is 10.1. The molecule has 4 rings (SSSR count). The van der Waals surface area contributed by atoms with E-state index in [0.717, 1.165) is 22.5 Å². The van der Waals surface area contributed by atoms with Crippen molar-refractivity contribution >= 4 is 17.2 Å². The Balaban J connectivity index is 1.61. The van der Waals surface area contributed by atoms with Gasteiger partial charge in [0.15, 0.2) is 11.5 Å². The number of nitrogens with zero attached hydrogens (tertiary/aromatic N) is 5. The van der Waals surface area contributed by atoms with Gasteiger partial charge in [0.1, 0.15) is 0 Å². The second kappa shape index (κ2) is 7.56. The highest BCUT2D eigenvalue weighted by molar-refractivity contribution is 5.91. The fraction of sp³-hybridized carbons (Fsp3) is 0.190. The van der Waals surface area contributed by atoms with E-state index in [1.165, 1.54) is 0 Å². The highest BCUT2D eigenvalue weighted by Crippen LogP contribution is 2.22. The molecule has 0 spiro atoms.